The van der Waals surface area contributed by atoms with Gasteiger partial charge in [-0.25, -0.2) is 0 Å². The van der Waals surface area contributed by atoms with Crippen LogP contribution in [0.2, 0.25) is 0 Å². The maximum atomic E-state index is 12.2. The van der Waals surface area contributed by atoms with Crippen LogP contribution in [-0.4, -0.2) is 11.6 Å². The first-order chi connectivity index (χ1) is 8.52. The molecule has 2 nitrogen and oxygen atoms in total. The van der Waals surface area contributed by atoms with Gasteiger partial charge in [0.25, 0.3) is 0 Å². The summed E-state index contributed by atoms with van der Waals surface area (Å²) in [6.07, 6.45) is 2.88. The number of hydrogen-bond donors (Lipinski definition) is 0. The standard InChI is InChI=1S/C16H14O2/c1-8-4-7-12-10(3)15(17)16(18)13-9(2)5-6-11(8)14(12)13/h4-6H,7H2,1-3H3. The molecule has 18 heavy (non-hydrogen) atoms. The monoisotopic (exact) mass is 238 g/mol. The van der Waals surface area contributed by atoms with E-state index in [4.69, 9.17) is 0 Å². The maximum absolute atomic E-state index is 12.2. The lowest BCUT2D eigenvalue weighted by molar-refractivity contribution is -0.111. The Kier molecular flexibility index (Phi) is 2.18. The number of rotatable bonds is 0. The zero-order valence-electron chi connectivity index (χ0n) is 10.8. The third kappa shape index (κ3) is 1.23. The topological polar surface area (TPSA) is 34.1 Å². The highest BCUT2D eigenvalue weighted by Crippen LogP contribution is 2.41. The lowest BCUT2D eigenvalue weighted by atomic mass is 9.75. The third-order valence-corrected chi connectivity index (χ3v) is 3.98. The van der Waals surface area contributed by atoms with Gasteiger partial charge in [0.1, 0.15) is 0 Å². The van der Waals surface area contributed by atoms with Crippen LogP contribution in [0.15, 0.2) is 23.8 Å². The number of aryl methyl sites for hydroxylation is 1. The summed E-state index contributed by atoms with van der Waals surface area (Å²) < 4.78 is 0. The first kappa shape index (κ1) is 11.1. The van der Waals surface area contributed by atoms with Crippen molar-refractivity contribution in [3.8, 4) is 0 Å². The molecule has 0 N–H and O–H groups in total. The van der Waals surface area contributed by atoms with Gasteiger partial charge in [-0.15, -0.1) is 0 Å². The fraction of sp³-hybridized carbons (Fsp3) is 0.250. The number of carbonyl (C=O) groups is 2. The van der Waals surface area contributed by atoms with E-state index in [0.29, 0.717) is 11.1 Å². The molecule has 0 unspecified atom stereocenters. The van der Waals surface area contributed by atoms with E-state index < -0.39 is 0 Å². The molecule has 0 aliphatic heterocycles. The van der Waals surface area contributed by atoms with E-state index >= 15 is 0 Å². The predicted molar refractivity (Wildman–Crippen MR) is 71.4 cm³/mol. The average Bonchev–Trinajstić information content (AvgIpc) is 2.35. The number of Topliss-reactive ketones (excluding diaryl/α,β-unsaturated/α-hetero) is 2. The van der Waals surface area contributed by atoms with Crippen LogP contribution < -0.4 is 0 Å². The van der Waals surface area contributed by atoms with Gasteiger partial charge in [0.2, 0.25) is 11.6 Å². The second kappa shape index (κ2) is 3.52. The molecule has 0 saturated heterocycles. The Morgan fingerprint density at radius 3 is 2.39 bits per heavy atom. The molecule has 1 aromatic rings. The van der Waals surface area contributed by atoms with Gasteiger partial charge < -0.3 is 0 Å². The number of benzene rings is 1. The van der Waals surface area contributed by atoms with Crippen LogP contribution in [-0.2, 0) is 4.79 Å². The molecule has 3 rings (SSSR count). The maximum Gasteiger partial charge on any atom is 0.234 e. The van der Waals surface area contributed by atoms with Crippen LogP contribution in [0.1, 0.15) is 47.3 Å². The molecular formula is C16H14O2. The SMILES string of the molecule is CC1=CCC2=C(C)C(=O)C(=O)c3c(C)ccc1c32. The van der Waals surface area contributed by atoms with Crippen molar-refractivity contribution in [1.29, 1.82) is 0 Å². The summed E-state index contributed by atoms with van der Waals surface area (Å²) in [5.41, 5.74) is 6.43. The second-order valence-corrected chi connectivity index (χ2v) is 5.03. The zero-order valence-corrected chi connectivity index (χ0v) is 10.8. The normalized spacial score (nSPS) is 17.8. The molecule has 90 valence electrons. The van der Waals surface area contributed by atoms with Crippen LogP contribution in [0.25, 0.3) is 11.1 Å². The summed E-state index contributed by atoms with van der Waals surface area (Å²) in [5, 5.41) is 0. The Morgan fingerprint density at radius 2 is 1.67 bits per heavy atom. The van der Waals surface area contributed by atoms with E-state index in [9.17, 15) is 9.59 Å². The molecule has 2 aliphatic rings. The summed E-state index contributed by atoms with van der Waals surface area (Å²) in [5.74, 6) is -0.689. The molecule has 0 atom stereocenters. The molecule has 0 aromatic heterocycles. The molecule has 1 aromatic carbocycles. The highest BCUT2D eigenvalue weighted by molar-refractivity contribution is 6.52. The highest BCUT2D eigenvalue weighted by Gasteiger charge is 2.34. The van der Waals surface area contributed by atoms with Gasteiger partial charge in [-0.2, -0.15) is 0 Å². The Labute approximate surface area is 106 Å². The quantitative estimate of drug-likeness (QED) is 0.649. The fourth-order valence-corrected chi connectivity index (χ4v) is 2.87. The minimum absolute atomic E-state index is 0.342. The van der Waals surface area contributed by atoms with E-state index in [-0.39, 0.29) is 11.6 Å². The van der Waals surface area contributed by atoms with Crippen LogP contribution in [0, 0.1) is 6.92 Å². The lowest BCUT2D eigenvalue weighted by Crippen LogP contribution is -2.25. The second-order valence-electron chi connectivity index (χ2n) is 5.03. The van der Waals surface area contributed by atoms with Crippen LogP contribution in [0.3, 0.4) is 0 Å². The predicted octanol–water partition coefficient (Wildman–Crippen LogP) is 3.34. The summed E-state index contributed by atoms with van der Waals surface area (Å²) in [6, 6.07) is 3.98. The molecular weight excluding hydrogens is 224 g/mol. The Morgan fingerprint density at radius 1 is 0.944 bits per heavy atom. The molecule has 2 heteroatoms. The van der Waals surface area contributed by atoms with E-state index in [1.165, 1.54) is 5.57 Å². The van der Waals surface area contributed by atoms with Gasteiger partial charge in [-0.1, -0.05) is 18.2 Å². The number of carbonyl (C=O) groups excluding carboxylic acids is 2. The van der Waals surface area contributed by atoms with Crippen molar-refractivity contribution in [2.75, 3.05) is 0 Å². The van der Waals surface area contributed by atoms with E-state index in [1.807, 2.05) is 13.0 Å². The minimum Gasteiger partial charge on any atom is -0.285 e. The van der Waals surface area contributed by atoms with Crippen molar-refractivity contribution in [3.05, 3.63) is 46.0 Å². The molecule has 0 radical (unpaired) electrons. The Balaban J connectivity index is 2.49. The van der Waals surface area contributed by atoms with Crippen LogP contribution in [0.4, 0.5) is 0 Å². The van der Waals surface area contributed by atoms with Gasteiger partial charge in [0.05, 0.1) is 0 Å². The van der Waals surface area contributed by atoms with Crippen molar-refractivity contribution < 1.29 is 9.59 Å². The molecule has 2 aliphatic carbocycles. The third-order valence-electron chi connectivity index (χ3n) is 3.98. The van der Waals surface area contributed by atoms with Crippen molar-refractivity contribution >= 4 is 22.7 Å². The van der Waals surface area contributed by atoms with Crippen molar-refractivity contribution in [2.45, 2.75) is 27.2 Å². The molecule has 0 amide bonds. The van der Waals surface area contributed by atoms with E-state index in [0.717, 1.165) is 28.7 Å². The molecule has 0 saturated carbocycles. The van der Waals surface area contributed by atoms with E-state index in [1.54, 1.807) is 6.92 Å². The number of hydrogen-bond acceptors (Lipinski definition) is 2. The van der Waals surface area contributed by atoms with Crippen molar-refractivity contribution in [2.24, 2.45) is 0 Å². The fourth-order valence-electron chi connectivity index (χ4n) is 2.87. The zero-order chi connectivity index (χ0) is 13.0. The summed E-state index contributed by atoms with van der Waals surface area (Å²) >= 11 is 0. The van der Waals surface area contributed by atoms with E-state index in [2.05, 4.69) is 19.1 Å². The van der Waals surface area contributed by atoms with Gasteiger partial charge in [0, 0.05) is 11.1 Å². The van der Waals surface area contributed by atoms with Crippen LogP contribution >= 0.6 is 0 Å². The number of allylic oxidation sites excluding steroid dienone is 4. The first-order valence-corrected chi connectivity index (χ1v) is 6.12. The molecule has 0 bridgehead atoms. The average molecular weight is 238 g/mol. The highest BCUT2D eigenvalue weighted by atomic mass is 16.2. The van der Waals surface area contributed by atoms with Crippen LogP contribution in [0.5, 0.6) is 0 Å². The summed E-state index contributed by atoms with van der Waals surface area (Å²) in [6.45, 7) is 5.71. The van der Waals surface area contributed by atoms with Gasteiger partial charge >= 0.3 is 0 Å². The largest absolute Gasteiger partial charge is 0.285 e. The van der Waals surface area contributed by atoms with Gasteiger partial charge in [-0.05, 0) is 55.0 Å². The first-order valence-electron chi connectivity index (χ1n) is 6.12. The molecule has 0 spiro atoms. The minimum atomic E-state index is -0.347. The molecule has 0 heterocycles. The van der Waals surface area contributed by atoms with Gasteiger partial charge in [0.15, 0.2) is 0 Å². The lowest BCUT2D eigenvalue weighted by Gasteiger charge is -2.27. The molecule has 0 fully saturated rings. The summed E-state index contributed by atoms with van der Waals surface area (Å²) in [7, 11) is 0. The van der Waals surface area contributed by atoms with Crippen molar-refractivity contribution in [3.63, 3.8) is 0 Å². The smallest absolute Gasteiger partial charge is 0.234 e. The number of ketones is 2. The summed E-state index contributed by atoms with van der Waals surface area (Å²) in [4.78, 5) is 24.2. The van der Waals surface area contributed by atoms with Gasteiger partial charge in [-0.3, -0.25) is 9.59 Å². The Bertz CT molecular complexity index is 673. The van der Waals surface area contributed by atoms with Crippen molar-refractivity contribution in [1.82, 2.24) is 0 Å². The Hall–Kier alpha value is -1.96.